The first kappa shape index (κ1) is 17.0. The lowest BCUT2D eigenvalue weighted by molar-refractivity contribution is 0.0953. The number of carbonyl (C=O) groups excluding carboxylic acids is 1. The Bertz CT molecular complexity index is 1180. The minimum atomic E-state index is -0.141. The van der Waals surface area contributed by atoms with Crippen molar-refractivity contribution in [3.63, 3.8) is 0 Å². The predicted molar refractivity (Wildman–Crippen MR) is 105 cm³/mol. The molecule has 2 aromatic heterocycles. The zero-order valence-electron chi connectivity index (χ0n) is 15.1. The van der Waals surface area contributed by atoms with E-state index in [9.17, 15) is 9.59 Å². The van der Waals surface area contributed by atoms with Gasteiger partial charge in [0.25, 0.3) is 11.5 Å². The van der Waals surface area contributed by atoms with E-state index in [-0.39, 0.29) is 11.5 Å². The van der Waals surface area contributed by atoms with Crippen LogP contribution in [0.1, 0.15) is 22.3 Å². The van der Waals surface area contributed by atoms with Gasteiger partial charge in [-0.3, -0.25) is 9.59 Å². The van der Waals surface area contributed by atoms with E-state index >= 15 is 0 Å². The summed E-state index contributed by atoms with van der Waals surface area (Å²) < 4.78 is 3.16. The predicted octanol–water partition coefficient (Wildman–Crippen LogP) is 2.55. The van der Waals surface area contributed by atoms with Crippen molar-refractivity contribution < 1.29 is 4.79 Å². The van der Waals surface area contributed by atoms with E-state index in [1.165, 1.54) is 5.56 Å². The molecule has 0 aliphatic carbocycles. The molecule has 136 valence electrons. The maximum atomic E-state index is 12.5. The van der Waals surface area contributed by atoms with Gasteiger partial charge in [0.1, 0.15) is 5.52 Å². The molecule has 0 spiro atoms. The van der Waals surface area contributed by atoms with E-state index in [0.29, 0.717) is 23.1 Å². The SMILES string of the molecule is Cn1c(=O)c2ccnn2c2ccc(C(=O)NCCCc3ccccc3)cc21. The molecule has 4 aromatic rings. The Morgan fingerprint density at radius 3 is 2.67 bits per heavy atom. The molecule has 0 aliphatic heterocycles. The van der Waals surface area contributed by atoms with Crippen LogP contribution in [-0.2, 0) is 13.5 Å². The normalized spacial score (nSPS) is 11.1. The number of nitrogens with zero attached hydrogens (tertiary/aromatic N) is 3. The van der Waals surface area contributed by atoms with Gasteiger partial charge in [-0.2, -0.15) is 5.10 Å². The molecular weight excluding hydrogens is 340 g/mol. The lowest BCUT2D eigenvalue weighted by Gasteiger charge is -2.10. The van der Waals surface area contributed by atoms with Gasteiger partial charge in [0.15, 0.2) is 0 Å². The standard InChI is InChI=1S/C21H20N4O2/c1-24-19-14-16(9-10-17(19)25-18(21(24)27)11-13-23-25)20(26)22-12-5-8-15-6-3-2-4-7-15/h2-4,6-7,9-11,13-14H,5,8,12H2,1H3,(H,22,26). The molecule has 27 heavy (non-hydrogen) atoms. The Labute approximate surface area is 156 Å². The van der Waals surface area contributed by atoms with E-state index in [1.54, 1.807) is 40.5 Å². The number of carbonyl (C=O) groups is 1. The summed E-state index contributed by atoms with van der Waals surface area (Å²) in [5.41, 5.74) is 3.63. The summed E-state index contributed by atoms with van der Waals surface area (Å²) in [7, 11) is 1.71. The highest BCUT2D eigenvalue weighted by molar-refractivity contribution is 5.97. The minimum absolute atomic E-state index is 0.139. The molecule has 0 radical (unpaired) electrons. The molecule has 0 aliphatic rings. The maximum absolute atomic E-state index is 12.5. The van der Waals surface area contributed by atoms with Crippen LogP contribution in [0, 0.1) is 0 Å². The van der Waals surface area contributed by atoms with Gasteiger partial charge in [0.2, 0.25) is 0 Å². The Morgan fingerprint density at radius 1 is 1.04 bits per heavy atom. The van der Waals surface area contributed by atoms with Crippen LogP contribution in [0.25, 0.3) is 16.6 Å². The van der Waals surface area contributed by atoms with Gasteiger partial charge in [-0.15, -0.1) is 0 Å². The molecule has 1 N–H and O–H groups in total. The van der Waals surface area contributed by atoms with Crippen LogP contribution in [0.4, 0.5) is 0 Å². The summed E-state index contributed by atoms with van der Waals surface area (Å²) in [6.07, 6.45) is 3.39. The largest absolute Gasteiger partial charge is 0.352 e. The Balaban J connectivity index is 1.51. The summed E-state index contributed by atoms with van der Waals surface area (Å²) in [6.45, 7) is 0.600. The third-order valence-electron chi connectivity index (χ3n) is 4.76. The lowest BCUT2D eigenvalue weighted by atomic mass is 10.1. The van der Waals surface area contributed by atoms with Crippen molar-refractivity contribution in [1.29, 1.82) is 0 Å². The van der Waals surface area contributed by atoms with E-state index in [2.05, 4.69) is 22.5 Å². The molecule has 2 aromatic carbocycles. The number of hydrogen-bond acceptors (Lipinski definition) is 3. The van der Waals surface area contributed by atoms with Crippen molar-refractivity contribution in [3.8, 4) is 0 Å². The van der Waals surface area contributed by atoms with Crippen molar-refractivity contribution in [3.05, 3.63) is 82.3 Å². The molecule has 6 nitrogen and oxygen atoms in total. The van der Waals surface area contributed by atoms with Gasteiger partial charge in [-0.25, -0.2) is 4.52 Å². The molecule has 2 heterocycles. The monoisotopic (exact) mass is 360 g/mol. The van der Waals surface area contributed by atoms with Crippen LogP contribution in [0.5, 0.6) is 0 Å². The first-order valence-corrected chi connectivity index (χ1v) is 8.94. The smallest absolute Gasteiger partial charge is 0.276 e. The Kier molecular flexibility index (Phi) is 4.46. The van der Waals surface area contributed by atoms with Gasteiger partial charge >= 0.3 is 0 Å². The van der Waals surface area contributed by atoms with Crippen LogP contribution in [0.3, 0.4) is 0 Å². The fourth-order valence-electron chi connectivity index (χ4n) is 3.29. The Hall–Kier alpha value is -3.41. The number of aromatic nitrogens is 3. The van der Waals surface area contributed by atoms with Crippen LogP contribution in [0.15, 0.2) is 65.6 Å². The van der Waals surface area contributed by atoms with Crippen molar-refractivity contribution in [1.82, 2.24) is 19.5 Å². The highest BCUT2D eigenvalue weighted by Crippen LogP contribution is 2.15. The average Bonchev–Trinajstić information content (AvgIpc) is 3.20. The number of rotatable bonds is 5. The molecule has 0 unspecified atom stereocenters. The van der Waals surface area contributed by atoms with Crippen LogP contribution in [0.2, 0.25) is 0 Å². The van der Waals surface area contributed by atoms with Crippen LogP contribution in [-0.4, -0.2) is 26.6 Å². The number of aryl methyl sites for hydroxylation is 2. The first-order valence-electron chi connectivity index (χ1n) is 8.94. The molecule has 0 saturated heterocycles. The van der Waals surface area contributed by atoms with Gasteiger partial charge in [-0.1, -0.05) is 30.3 Å². The van der Waals surface area contributed by atoms with Gasteiger partial charge in [0, 0.05) is 19.2 Å². The van der Waals surface area contributed by atoms with Crippen molar-refractivity contribution >= 4 is 22.5 Å². The second-order valence-electron chi connectivity index (χ2n) is 6.54. The maximum Gasteiger partial charge on any atom is 0.276 e. The fourth-order valence-corrected chi connectivity index (χ4v) is 3.29. The average molecular weight is 360 g/mol. The quantitative estimate of drug-likeness (QED) is 0.556. The van der Waals surface area contributed by atoms with Gasteiger partial charge < -0.3 is 9.88 Å². The van der Waals surface area contributed by atoms with Crippen molar-refractivity contribution in [2.24, 2.45) is 7.05 Å². The van der Waals surface area contributed by atoms with Gasteiger partial charge in [-0.05, 0) is 42.7 Å². The second-order valence-corrected chi connectivity index (χ2v) is 6.54. The lowest BCUT2D eigenvalue weighted by Crippen LogP contribution is -2.25. The van der Waals surface area contributed by atoms with Crippen molar-refractivity contribution in [2.45, 2.75) is 12.8 Å². The zero-order chi connectivity index (χ0) is 18.8. The van der Waals surface area contributed by atoms with E-state index in [4.69, 9.17) is 0 Å². The molecular formula is C21H20N4O2. The summed E-state index contributed by atoms with van der Waals surface area (Å²) in [5.74, 6) is -0.141. The molecule has 0 bridgehead atoms. The van der Waals surface area contributed by atoms with E-state index < -0.39 is 0 Å². The molecule has 0 saturated carbocycles. The third-order valence-corrected chi connectivity index (χ3v) is 4.76. The molecule has 1 amide bonds. The van der Waals surface area contributed by atoms with E-state index in [1.807, 2.05) is 24.3 Å². The highest BCUT2D eigenvalue weighted by atomic mass is 16.1. The summed E-state index contributed by atoms with van der Waals surface area (Å²) >= 11 is 0. The minimum Gasteiger partial charge on any atom is -0.352 e. The first-order chi connectivity index (χ1) is 13.1. The third kappa shape index (κ3) is 3.21. The van der Waals surface area contributed by atoms with Crippen LogP contribution < -0.4 is 10.9 Å². The molecule has 4 rings (SSSR count). The van der Waals surface area contributed by atoms with Gasteiger partial charge in [0.05, 0.1) is 17.2 Å². The number of nitrogens with one attached hydrogen (secondary N) is 1. The van der Waals surface area contributed by atoms with Crippen LogP contribution >= 0.6 is 0 Å². The molecule has 6 heteroatoms. The van der Waals surface area contributed by atoms with E-state index in [0.717, 1.165) is 18.4 Å². The highest BCUT2D eigenvalue weighted by Gasteiger charge is 2.12. The van der Waals surface area contributed by atoms with Crippen molar-refractivity contribution in [2.75, 3.05) is 6.54 Å². The summed E-state index contributed by atoms with van der Waals surface area (Å²) in [6, 6.07) is 17.2. The summed E-state index contributed by atoms with van der Waals surface area (Å²) in [5, 5.41) is 7.17. The number of amides is 1. The molecule has 0 atom stereocenters. The zero-order valence-corrected chi connectivity index (χ0v) is 15.1. The fraction of sp³-hybridized carbons (Fsp3) is 0.190. The number of fused-ring (bicyclic) bond motifs is 3. The Morgan fingerprint density at radius 2 is 1.85 bits per heavy atom. The molecule has 0 fully saturated rings. The summed E-state index contributed by atoms with van der Waals surface area (Å²) in [4.78, 5) is 24.9. The topological polar surface area (TPSA) is 68.4 Å². The second kappa shape index (κ2) is 7.07. The number of benzene rings is 2. The number of hydrogen-bond donors (Lipinski definition) is 1.